The van der Waals surface area contributed by atoms with E-state index in [1.807, 2.05) is 6.07 Å². The van der Waals surface area contributed by atoms with Crippen molar-refractivity contribution in [3.05, 3.63) is 115 Å². The van der Waals surface area contributed by atoms with Crippen LogP contribution >= 0.6 is 0 Å². The summed E-state index contributed by atoms with van der Waals surface area (Å²) in [4.78, 5) is 0. The van der Waals surface area contributed by atoms with Gasteiger partial charge in [0.25, 0.3) is 0 Å². The monoisotopic (exact) mass is 645 g/mol. The molecule has 3 aromatic carbocycles. The maximum Gasteiger partial charge on any atom is 0.422 e. The van der Waals surface area contributed by atoms with Gasteiger partial charge in [-0.15, -0.1) is 0 Å². The molecule has 0 atom stereocenters. The Morgan fingerprint density at radius 1 is 0.479 bits per heavy atom. The van der Waals surface area contributed by atoms with Gasteiger partial charge in [-0.1, -0.05) is 0 Å². The number of allylic oxidation sites excluding steroid dienone is 8. The third-order valence-electron chi connectivity index (χ3n) is 7.46. The molecule has 7 nitrogen and oxygen atoms in total. The molecule has 0 heterocycles. The predicted molar refractivity (Wildman–Crippen MR) is 150 cm³/mol. The second-order valence-corrected chi connectivity index (χ2v) is 9.85. The van der Waals surface area contributed by atoms with Crippen LogP contribution in [0.5, 0.6) is 0 Å². The van der Waals surface area contributed by atoms with E-state index in [1.165, 1.54) is 6.07 Å². The molecule has 0 radical (unpaired) electrons. The molecule has 48 heavy (non-hydrogen) atoms. The maximum absolute atomic E-state index is 14.7. The van der Waals surface area contributed by atoms with Crippen molar-refractivity contribution >= 4 is 33.4 Å². The van der Waals surface area contributed by atoms with Crippen LogP contribution in [0.4, 0.5) is 30.7 Å². The molecule has 0 saturated carbocycles. The molecular weight excluding hydrogens is 639 g/mol. The molecule has 0 aliphatic heterocycles. The number of halogens is 7. The molecule has 5 rings (SSSR count). The van der Waals surface area contributed by atoms with Crippen LogP contribution < -0.4 is 0 Å². The van der Waals surface area contributed by atoms with Crippen molar-refractivity contribution in [1.82, 2.24) is 0 Å². The largest absolute Gasteiger partial charge is 0.422 e. The summed E-state index contributed by atoms with van der Waals surface area (Å²) >= 11 is 0. The number of alkyl halides is 3. The van der Waals surface area contributed by atoms with Gasteiger partial charge in [0.1, 0.15) is 88.0 Å². The zero-order chi connectivity index (χ0) is 35.2. The molecule has 0 saturated heterocycles. The average molecular weight is 645 g/mol. The number of nitriles is 7. The second-order valence-electron chi connectivity index (χ2n) is 9.85. The number of benzene rings is 3. The summed E-state index contributed by atoms with van der Waals surface area (Å²) < 4.78 is 98.9. The lowest BCUT2D eigenvalue weighted by molar-refractivity contribution is -0.142. The minimum Gasteiger partial charge on any atom is -0.206 e. The first-order valence-electron chi connectivity index (χ1n) is 12.9. The van der Waals surface area contributed by atoms with Crippen molar-refractivity contribution in [2.45, 2.75) is 6.18 Å². The quantitative estimate of drug-likeness (QED) is 0.204. The van der Waals surface area contributed by atoms with Gasteiger partial charge in [0.05, 0.1) is 11.1 Å². The van der Waals surface area contributed by atoms with Crippen molar-refractivity contribution < 1.29 is 30.7 Å². The molecule has 0 aromatic heterocycles. The molecule has 0 bridgehead atoms. The summed E-state index contributed by atoms with van der Waals surface area (Å²) in [5.41, 5.74) is -8.75. The normalized spacial score (nSPS) is 12.9. The Labute approximate surface area is 265 Å². The zero-order valence-corrected chi connectivity index (χ0v) is 23.2. The lowest BCUT2D eigenvalue weighted by atomic mass is 9.89. The molecule has 3 aromatic rings. The van der Waals surface area contributed by atoms with Gasteiger partial charge in [-0.25, -0.2) is 17.6 Å². The molecule has 0 N–H and O–H groups in total. The lowest BCUT2D eigenvalue weighted by Gasteiger charge is -2.13. The van der Waals surface area contributed by atoms with Crippen LogP contribution in [-0.2, 0) is 6.18 Å². The van der Waals surface area contributed by atoms with Gasteiger partial charge in [-0.2, -0.15) is 50.0 Å². The highest BCUT2D eigenvalue weighted by atomic mass is 19.4. The van der Waals surface area contributed by atoms with Crippen molar-refractivity contribution in [2.75, 3.05) is 0 Å². The smallest absolute Gasteiger partial charge is 0.206 e. The van der Waals surface area contributed by atoms with Crippen LogP contribution in [-0.4, -0.2) is 0 Å². The fourth-order valence-electron chi connectivity index (χ4n) is 5.63. The summed E-state index contributed by atoms with van der Waals surface area (Å²) in [5, 5.41) is 68.7. The molecule has 0 fully saturated rings. The number of hydrogen-bond acceptors (Lipinski definition) is 7. The van der Waals surface area contributed by atoms with Gasteiger partial charge in [-0.3, -0.25) is 0 Å². The topological polar surface area (TPSA) is 167 Å². The fourth-order valence-corrected chi connectivity index (χ4v) is 5.63. The molecule has 0 amide bonds. The molecule has 14 heteroatoms. The van der Waals surface area contributed by atoms with Gasteiger partial charge in [0.15, 0.2) is 0 Å². The third-order valence-corrected chi connectivity index (χ3v) is 7.46. The number of rotatable bonds is 2. The Morgan fingerprint density at radius 2 is 0.833 bits per heavy atom. The number of fused-ring (bicyclic) bond motifs is 2. The Balaban J connectivity index is 1.92. The summed E-state index contributed by atoms with van der Waals surface area (Å²) in [6.45, 7) is 0. The van der Waals surface area contributed by atoms with Crippen LogP contribution in [0, 0.1) is 103 Å². The Hall–Kier alpha value is -7.44. The van der Waals surface area contributed by atoms with Crippen molar-refractivity contribution in [3.63, 3.8) is 0 Å². The van der Waals surface area contributed by atoms with E-state index in [1.54, 1.807) is 30.3 Å². The van der Waals surface area contributed by atoms with E-state index in [0.717, 1.165) is 12.1 Å². The molecule has 226 valence electrons. The molecular formula is C34H6F7N7. The Morgan fingerprint density at radius 3 is 1.12 bits per heavy atom. The zero-order valence-electron chi connectivity index (χ0n) is 23.2. The van der Waals surface area contributed by atoms with E-state index in [0.29, 0.717) is 12.1 Å². The van der Waals surface area contributed by atoms with E-state index in [9.17, 15) is 62.3 Å². The van der Waals surface area contributed by atoms with Gasteiger partial charge in [0.2, 0.25) is 0 Å². The summed E-state index contributed by atoms with van der Waals surface area (Å²) in [5.74, 6) is -6.79. The average Bonchev–Trinajstić information content (AvgIpc) is 3.52. The van der Waals surface area contributed by atoms with Gasteiger partial charge < -0.3 is 0 Å². The predicted octanol–water partition coefficient (Wildman–Crippen LogP) is 7.63. The van der Waals surface area contributed by atoms with Crippen LogP contribution in [0.2, 0.25) is 0 Å². The minimum atomic E-state index is -5.44. The van der Waals surface area contributed by atoms with Gasteiger partial charge in [-0.05, 0) is 58.7 Å². The minimum absolute atomic E-state index is 0.128. The Kier molecular flexibility index (Phi) is 7.65. The van der Waals surface area contributed by atoms with Crippen LogP contribution in [0.15, 0.2) is 47.5 Å². The first-order valence-corrected chi connectivity index (χ1v) is 12.9. The van der Waals surface area contributed by atoms with Gasteiger partial charge >= 0.3 is 6.18 Å². The van der Waals surface area contributed by atoms with Crippen molar-refractivity contribution in [2.24, 2.45) is 0 Å². The standard InChI is InChI=1S/C34H6F7N7/c35-25-1-14(2-26(36)24(25)13-48)29-22(11-46)18-5-21-19(6-20(18)31(29)16(7-42)8-43)23(12-47)30(32(21)17(9-44)10-45)15-3-27(37)33(28(38)4-15)34(39,40)41/h1-6H. The number of nitrogens with zero attached hydrogens (tertiary/aromatic N) is 7. The Bertz CT molecular complexity index is 2420. The number of hydrogen-bond donors (Lipinski definition) is 0. The highest BCUT2D eigenvalue weighted by Gasteiger charge is 2.41. The highest BCUT2D eigenvalue weighted by molar-refractivity contribution is 6.29. The lowest BCUT2D eigenvalue weighted by Crippen LogP contribution is -2.12. The van der Waals surface area contributed by atoms with Crippen LogP contribution in [0.1, 0.15) is 44.5 Å². The summed E-state index contributed by atoms with van der Waals surface area (Å²) in [6.07, 6.45) is -5.44. The molecule has 2 aliphatic carbocycles. The van der Waals surface area contributed by atoms with Crippen molar-refractivity contribution in [1.29, 1.82) is 36.8 Å². The van der Waals surface area contributed by atoms with Gasteiger partial charge in [0, 0.05) is 33.4 Å². The first kappa shape index (κ1) is 32.0. The second kappa shape index (κ2) is 11.5. The van der Waals surface area contributed by atoms with E-state index in [-0.39, 0.29) is 56.7 Å². The maximum atomic E-state index is 14.7. The SMILES string of the molecule is N#CC(C#N)=C1C(c2cc(F)c(C#N)c(F)c2)=C(C#N)c2cc3c(cc21)C(C#N)=C(c1cc(F)c(C(F)(F)F)c(F)c1)C3=C(C#N)C#N. The van der Waals surface area contributed by atoms with E-state index in [4.69, 9.17) is 5.26 Å². The van der Waals surface area contributed by atoms with E-state index < -0.39 is 74.0 Å². The van der Waals surface area contributed by atoms with Crippen LogP contribution in [0.25, 0.3) is 33.4 Å². The van der Waals surface area contributed by atoms with Crippen LogP contribution in [0.3, 0.4) is 0 Å². The summed E-state index contributed by atoms with van der Waals surface area (Å²) in [6, 6.07) is 15.5. The third kappa shape index (κ3) is 4.62. The molecule has 0 spiro atoms. The van der Waals surface area contributed by atoms with E-state index >= 15 is 0 Å². The van der Waals surface area contributed by atoms with Crippen molar-refractivity contribution in [3.8, 4) is 42.5 Å². The summed E-state index contributed by atoms with van der Waals surface area (Å²) in [7, 11) is 0. The highest BCUT2D eigenvalue weighted by Crippen LogP contribution is 2.54. The molecule has 0 unspecified atom stereocenters. The first-order chi connectivity index (χ1) is 22.8. The fraction of sp³-hybridized carbons (Fsp3) is 0.0294. The molecule has 2 aliphatic rings. The van der Waals surface area contributed by atoms with E-state index in [2.05, 4.69) is 0 Å².